The van der Waals surface area contributed by atoms with Crippen molar-refractivity contribution < 1.29 is 4.43 Å². The van der Waals surface area contributed by atoms with E-state index in [0.717, 1.165) is 19.4 Å². The molecule has 0 bridgehead atoms. The topological polar surface area (TPSA) is 9.23 Å². The molecule has 0 N–H and O–H groups in total. The Morgan fingerprint density at radius 3 is 2.67 bits per heavy atom. The van der Waals surface area contributed by atoms with Crippen LogP contribution in [0, 0.1) is 0 Å². The number of rotatable bonds is 5. The first-order chi connectivity index (χ1) is 5.93. The van der Waals surface area contributed by atoms with Gasteiger partial charge in [0.15, 0.2) is 0 Å². The molecular formula is C9H13ClOSi. The van der Waals surface area contributed by atoms with Crippen LogP contribution in [0.15, 0.2) is 30.3 Å². The molecule has 66 valence electrons. The van der Waals surface area contributed by atoms with Crippen LogP contribution in [0.1, 0.15) is 12.0 Å². The SMILES string of the molecule is Cl[SiH2]OCCCc1ccccc1. The van der Waals surface area contributed by atoms with Gasteiger partial charge in [0.25, 0.3) is 9.07 Å². The lowest BCUT2D eigenvalue weighted by Gasteiger charge is -2.00. The van der Waals surface area contributed by atoms with Gasteiger partial charge in [0.2, 0.25) is 0 Å². The third kappa shape index (κ3) is 3.90. The summed E-state index contributed by atoms with van der Waals surface area (Å²) in [5.74, 6) is 0. The van der Waals surface area contributed by atoms with Crippen molar-refractivity contribution in [1.29, 1.82) is 0 Å². The predicted molar refractivity (Wildman–Crippen MR) is 55.1 cm³/mol. The van der Waals surface area contributed by atoms with E-state index in [-0.39, 0.29) is 0 Å². The maximum atomic E-state index is 5.50. The van der Waals surface area contributed by atoms with E-state index in [9.17, 15) is 0 Å². The average molecular weight is 201 g/mol. The number of hydrogen-bond donors (Lipinski definition) is 0. The van der Waals surface area contributed by atoms with Crippen LogP contribution in [-0.2, 0) is 10.8 Å². The molecule has 0 aromatic heterocycles. The van der Waals surface area contributed by atoms with Crippen molar-refractivity contribution in [3.8, 4) is 0 Å². The van der Waals surface area contributed by atoms with Gasteiger partial charge in [-0.3, -0.25) is 0 Å². The Morgan fingerprint density at radius 1 is 1.25 bits per heavy atom. The van der Waals surface area contributed by atoms with Gasteiger partial charge in [-0.1, -0.05) is 30.3 Å². The van der Waals surface area contributed by atoms with Crippen LogP contribution in [0.4, 0.5) is 0 Å². The second-order valence-corrected chi connectivity index (χ2v) is 3.89. The van der Waals surface area contributed by atoms with E-state index < -0.39 is 9.07 Å². The summed E-state index contributed by atoms with van der Waals surface area (Å²) in [5.41, 5.74) is 1.37. The highest BCUT2D eigenvalue weighted by Crippen LogP contribution is 2.01. The summed E-state index contributed by atoms with van der Waals surface area (Å²) < 4.78 is 5.16. The lowest BCUT2D eigenvalue weighted by molar-refractivity contribution is 0.337. The van der Waals surface area contributed by atoms with Gasteiger partial charge in [-0.2, -0.15) is 0 Å². The zero-order chi connectivity index (χ0) is 8.65. The molecule has 0 saturated heterocycles. The van der Waals surface area contributed by atoms with Gasteiger partial charge in [0.05, 0.1) is 0 Å². The predicted octanol–water partition coefficient (Wildman–Crippen LogP) is 1.87. The standard InChI is InChI=1S/C9H13ClOSi/c10-12-11-8-4-7-9-5-2-1-3-6-9/h1-3,5-6H,4,7-8,12H2. The van der Waals surface area contributed by atoms with Gasteiger partial charge in [-0.05, 0) is 18.4 Å². The Kier molecular flexibility index (Phi) is 5.07. The molecule has 0 aliphatic rings. The zero-order valence-electron chi connectivity index (χ0n) is 7.00. The van der Waals surface area contributed by atoms with Crippen molar-refractivity contribution >= 4 is 20.2 Å². The van der Waals surface area contributed by atoms with E-state index in [1.807, 2.05) is 6.07 Å². The van der Waals surface area contributed by atoms with E-state index in [4.69, 9.17) is 15.5 Å². The molecule has 0 atom stereocenters. The highest BCUT2D eigenvalue weighted by atomic mass is 35.6. The van der Waals surface area contributed by atoms with Gasteiger partial charge in [0, 0.05) is 6.61 Å². The summed E-state index contributed by atoms with van der Waals surface area (Å²) in [4.78, 5) is 0. The summed E-state index contributed by atoms with van der Waals surface area (Å²) >= 11 is 5.50. The van der Waals surface area contributed by atoms with E-state index in [1.165, 1.54) is 5.56 Å². The number of aryl methyl sites for hydroxylation is 1. The minimum absolute atomic E-state index is 0.714. The first kappa shape index (κ1) is 9.77. The van der Waals surface area contributed by atoms with Crippen LogP contribution in [0.3, 0.4) is 0 Å². The molecule has 0 radical (unpaired) electrons. The molecule has 0 fully saturated rings. The largest absolute Gasteiger partial charge is 0.408 e. The van der Waals surface area contributed by atoms with E-state index >= 15 is 0 Å². The summed E-state index contributed by atoms with van der Waals surface area (Å²) in [6.45, 7) is 0.810. The fraction of sp³-hybridized carbons (Fsp3) is 0.333. The van der Waals surface area contributed by atoms with Crippen molar-refractivity contribution in [2.24, 2.45) is 0 Å². The molecule has 1 aromatic carbocycles. The Morgan fingerprint density at radius 2 is 2.00 bits per heavy atom. The smallest absolute Gasteiger partial charge is 0.258 e. The minimum atomic E-state index is -0.714. The molecule has 0 saturated carbocycles. The van der Waals surface area contributed by atoms with Gasteiger partial charge >= 0.3 is 0 Å². The van der Waals surface area contributed by atoms with E-state index in [1.54, 1.807) is 0 Å². The number of halogens is 1. The van der Waals surface area contributed by atoms with Gasteiger partial charge in [0.1, 0.15) is 0 Å². The van der Waals surface area contributed by atoms with Crippen LogP contribution < -0.4 is 0 Å². The highest BCUT2D eigenvalue weighted by Gasteiger charge is 1.90. The van der Waals surface area contributed by atoms with Crippen molar-refractivity contribution in [3.63, 3.8) is 0 Å². The van der Waals surface area contributed by atoms with Crippen molar-refractivity contribution in [2.75, 3.05) is 6.61 Å². The van der Waals surface area contributed by atoms with Crippen LogP contribution in [-0.4, -0.2) is 15.7 Å². The Bertz CT molecular complexity index is 203. The highest BCUT2D eigenvalue weighted by molar-refractivity contribution is 6.89. The van der Waals surface area contributed by atoms with Crippen molar-refractivity contribution in [2.45, 2.75) is 12.8 Å². The normalized spacial score (nSPS) is 11.1. The molecule has 0 unspecified atom stereocenters. The molecule has 0 aliphatic carbocycles. The molecule has 1 rings (SSSR count). The fourth-order valence-corrected chi connectivity index (χ4v) is 1.72. The number of hydrogen-bond acceptors (Lipinski definition) is 1. The van der Waals surface area contributed by atoms with Crippen molar-refractivity contribution in [3.05, 3.63) is 35.9 Å². The molecule has 0 aliphatic heterocycles. The van der Waals surface area contributed by atoms with Crippen LogP contribution >= 0.6 is 11.1 Å². The number of benzene rings is 1. The molecule has 3 heteroatoms. The summed E-state index contributed by atoms with van der Waals surface area (Å²) in [6.07, 6.45) is 2.16. The first-order valence-electron chi connectivity index (χ1n) is 4.11. The second kappa shape index (κ2) is 6.23. The lowest BCUT2D eigenvalue weighted by atomic mass is 10.1. The third-order valence-corrected chi connectivity index (χ3v) is 2.58. The summed E-state index contributed by atoms with van der Waals surface area (Å²) in [5, 5.41) is 0. The quantitative estimate of drug-likeness (QED) is 0.401. The molecule has 0 spiro atoms. The van der Waals surface area contributed by atoms with Gasteiger partial charge < -0.3 is 4.43 Å². The van der Waals surface area contributed by atoms with E-state index in [0.29, 0.717) is 0 Å². The zero-order valence-corrected chi connectivity index (χ0v) is 9.17. The van der Waals surface area contributed by atoms with Gasteiger partial charge in [-0.15, -0.1) is 11.1 Å². The van der Waals surface area contributed by atoms with Crippen LogP contribution in [0.25, 0.3) is 0 Å². The monoisotopic (exact) mass is 200 g/mol. The molecule has 12 heavy (non-hydrogen) atoms. The molecule has 1 nitrogen and oxygen atoms in total. The minimum Gasteiger partial charge on any atom is -0.408 e. The maximum absolute atomic E-state index is 5.50. The third-order valence-electron chi connectivity index (χ3n) is 1.67. The Balaban J connectivity index is 2.16. The Hall–Kier alpha value is -0.313. The summed E-state index contributed by atoms with van der Waals surface area (Å²) in [6, 6.07) is 10.4. The average Bonchev–Trinajstić information content (AvgIpc) is 2.14. The lowest BCUT2D eigenvalue weighted by Crippen LogP contribution is -1.96. The second-order valence-electron chi connectivity index (χ2n) is 2.61. The van der Waals surface area contributed by atoms with Crippen molar-refractivity contribution in [1.82, 2.24) is 0 Å². The van der Waals surface area contributed by atoms with E-state index in [2.05, 4.69) is 24.3 Å². The molecule has 0 heterocycles. The molecule has 0 amide bonds. The summed E-state index contributed by atoms with van der Waals surface area (Å²) in [7, 11) is -0.714. The van der Waals surface area contributed by atoms with Crippen LogP contribution in [0.5, 0.6) is 0 Å². The van der Waals surface area contributed by atoms with Gasteiger partial charge in [-0.25, -0.2) is 0 Å². The molecule has 1 aromatic rings. The Labute approximate surface area is 80.3 Å². The maximum Gasteiger partial charge on any atom is 0.258 e. The van der Waals surface area contributed by atoms with Crippen LogP contribution in [0.2, 0.25) is 0 Å². The fourth-order valence-electron chi connectivity index (χ4n) is 1.08. The molecular weight excluding hydrogens is 188 g/mol. The first-order valence-corrected chi connectivity index (χ1v) is 6.82.